The van der Waals surface area contributed by atoms with Gasteiger partial charge in [-0.25, -0.2) is 0 Å². The molecule has 4 aromatic rings. The van der Waals surface area contributed by atoms with Crippen LogP contribution in [0.3, 0.4) is 0 Å². The van der Waals surface area contributed by atoms with E-state index in [1.165, 1.54) is 36.4 Å². The zero-order chi connectivity index (χ0) is 29.5. The molecule has 0 heterocycles. The van der Waals surface area contributed by atoms with Gasteiger partial charge in [-0.3, -0.25) is 13.7 Å². The summed E-state index contributed by atoms with van der Waals surface area (Å²) in [6, 6.07) is 12.8. The second-order valence-corrected chi connectivity index (χ2v) is 12.2. The molecule has 0 bridgehead atoms. The van der Waals surface area contributed by atoms with Crippen molar-refractivity contribution in [3.05, 3.63) is 66.7 Å². The van der Waals surface area contributed by atoms with E-state index >= 15 is 0 Å². The molecule has 0 amide bonds. The third-order valence-electron chi connectivity index (χ3n) is 5.25. The van der Waals surface area contributed by atoms with Gasteiger partial charge in [0.2, 0.25) is 0 Å². The van der Waals surface area contributed by atoms with Crippen LogP contribution in [0.5, 0.6) is 5.75 Å². The Labute approximate surface area is 226 Å². The van der Waals surface area contributed by atoms with Gasteiger partial charge in [-0.1, -0.05) is 6.07 Å². The van der Waals surface area contributed by atoms with E-state index in [9.17, 15) is 39.5 Å². The van der Waals surface area contributed by atoms with Crippen molar-refractivity contribution in [2.45, 2.75) is 14.7 Å². The lowest BCUT2D eigenvalue weighted by atomic mass is 10.1. The van der Waals surface area contributed by atoms with E-state index in [-0.39, 0.29) is 32.7 Å². The van der Waals surface area contributed by atoms with Crippen LogP contribution in [-0.4, -0.2) is 44.0 Å². The fourth-order valence-electron chi connectivity index (χ4n) is 3.41. The highest BCUT2D eigenvalue weighted by atomic mass is 32.2. The van der Waals surface area contributed by atoms with E-state index in [1.54, 1.807) is 0 Å². The van der Waals surface area contributed by atoms with Crippen molar-refractivity contribution in [2.24, 2.45) is 20.5 Å². The number of anilines is 1. The van der Waals surface area contributed by atoms with E-state index in [0.29, 0.717) is 0 Å². The van der Waals surface area contributed by atoms with Crippen LogP contribution in [0.4, 0.5) is 28.4 Å². The number of benzene rings is 4. The number of aromatic hydroxyl groups is 1. The molecule has 208 valence electrons. The predicted octanol–water partition coefficient (Wildman–Crippen LogP) is 4.70. The molecule has 15 nitrogen and oxygen atoms in total. The number of phenolic OH excluding ortho intramolecular Hbond substituents is 1. The molecule has 6 N–H and O–H groups in total. The van der Waals surface area contributed by atoms with Gasteiger partial charge < -0.3 is 10.8 Å². The Bertz CT molecular complexity index is 2040. The molecule has 4 rings (SSSR count). The minimum atomic E-state index is -4.95. The summed E-state index contributed by atoms with van der Waals surface area (Å²) in [5, 5.41) is 25.9. The first-order valence-electron chi connectivity index (χ1n) is 10.6. The summed E-state index contributed by atoms with van der Waals surface area (Å²) in [4.78, 5) is -2.02. The van der Waals surface area contributed by atoms with E-state index in [0.717, 1.165) is 30.3 Å². The van der Waals surface area contributed by atoms with Crippen molar-refractivity contribution < 1.29 is 44.0 Å². The summed E-state index contributed by atoms with van der Waals surface area (Å²) >= 11 is 0. The molecule has 0 saturated carbocycles. The monoisotopic (exact) mass is 607 g/mol. The first kappa shape index (κ1) is 28.7. The molecule has 0 aliphatic heterocycles. The number of nitrogens with zero attached hydrogens (tertiary/aromatic N) is 4. The van der Waals surface area contributed by atoms with Crippen LogP contribution in [0.1, 0.15) is 0 Å². The number of azo groups is 2. The molecule has 0 aromatic heterocycles. The Kier molecular flexibility index (Phi) is 7.41. The van der Waals surface area contributed by atoms with Crippen LogP contribution in [0, 0.1) is 0 Å². The molecular formula is C22H17N5O10S3. The Morgan fingerprint density at radius 2 is 1.20 bits per heavy atom. The quantitative estimate of drug-likeness (QED) is 0.109. The fraction of sp³-hybridized carbons (Fsp3) is 0. The maximum Gasteiger partial charge on any atom is 0.296 e. The first-order valence-corrected chi connectivity index (χ1v) is 14.9. The van der Waals surface area contributed by atoms with Gasteiger partial charge in [-0.2, -0.15) is 35.5 Å². The Hall–Kier alpha value is -4.33. The molecule has 0 radical (unpaired) electrons. The average Bonchev–Trinajstić information content (AvgIpc) is 2.86. The minimum absolute atomic E-state index is 0.0664. The Morgan fingerprint density at radius 3 is 1.80 bits per heavy atom. The highest BCUT2D eigenvalue weighted by molar-refractivity contribution is 7.86. The third kappa shape index (κ3) is 6.28. The summed E-state index contributed by atoms with van der Waals surface area (Å²) in [5.74, 6) is -0.722. The normalized spacial score (nSPS) is 13.0. The van der Waals surface area contributed by atoms with E-state index in [4.69, 9.17) is 10.3 Å². The number of nitrogens with two attached hydrogens (primary N) is 1. The number of nitrogen functional groups attached to an aromatic ring is 1. The molecule has 0 saturated heterocycles. The molecular weight excluding hydrogens is 590 g/mol. The molecule has 0 unspecified atom stereocenters. The van der Waals surface area contributed by atoms with Crippen LogP contribution in [0.2, 0.25) is 0 Å². The molecule has 40 heavy (non-hydrogen) atoms. The summed E-state index contributed by atoms with van der Waals surface area (Å²) < 4.78 is 98.7. The molecule has 0 atom stereocenters. The maximum absolute atomic E-state index is 12.0. The van der Waals surface area contributed by atoms with Gasteiger partial charge in [0.15, 0.2) is 5.75 Å². The second-order valence-electron chi connectivity index (χ2n) is 8.02. The first-order chi connectivity index (χ1) is 18.5. The molecule has 0 fully saturated rings. The van der Waals surface area contributed by atoms with Crippen molar-refractivity contribution >= 4 is 69.6 Å². The molecule has 0 spiro atoms. The highest BCUT2D eigenvalue weighted by Gasteiger charge is 2.23. The topological polar surface area (TPSA) is 259 Å². The van der Waals surface area contributed by atoms with Crippen molar-refractivity contribution in [1.82, 2.24) is 0 Å². The molecule has 4 aromatic carbocycles. The highest BCUT2D eigenvalue weighted by Crippen LogP contribution is 2.42. The smallest absolute Gasteiger partial charge is 0.296 e. The van der Waals surface area contributed by atoms with Gasteiger partial charge in [0.1, 0.15) is 21.2 Å². The third-order valence-corrected chi connectivity index (χ3v) is 7.87. The lowest BCUT2D eigenvalue weighted by Crippen LogP contribution is -1.99. The number of hydrogen-bond acceptors (Lipinski definition) is 12. The van der Waals surface area contributed by atoms with Gasteiger partial charge in [0.05, 0.1) is 16.3 Å². The van der Waals surface area contributed by atoms with Crippen LogP contribution in [0.15, 0.2) is 102 Å². The summed E-state index contributed by atoms with van der Waals surface area (Å²) in [6.45, 7) is 0. The summed E-state index contributed by atoms with van der Waals surface area (Å²) in [6.07, 6.45) is 0. The fourth-order valence-corrected chi connectivity index (χ4v) is 5.19. The van der Waals surface area contributed by atoms with E-state index in [2.05, 4.69) is 20.5 Å². The number of hydrogen-bond donors (Lipinski definition) is 5. The number of fused-ring (bicyclic) bond motifs is 1. The molecule has 0 aliphatic rings. The number of rotatable bonds is 7. The Morgan fingerprint density at radius 1 is 0.600 bits per heavy atom. The number of phenols is 1. The van der Waals surface area contributed by atoms with Crippen molar-refractivity contribution in [1.29, 1.82) is 0 Å². The second kappa shape index (κ2) is 10.3. The lowest BCUT2D eigenvalue weighted by molar-refractivity contribution is 0.472. The minimum Gasteiger partial charge on any atom is -0.505 e. The lowest BCUT2D eigenvalue weighted by Gasteiger charge is -2.09. The van der Waals surface area contributed by atoms with Crippen molar-refractivity contribution in [2.75, 3.05) is 5.73 Å². The molecule has 0 aliphatic carbocycles. The van der Waals surface area contributed by atoms with Crippen LogP contribution in [0.25, 0.3) is 10.8 Å². The SMILES string of the molecule is Nc1ccc2cc(S(=O)(=O)O)c(N=Nc3ccc(N=Nc4ccc(S(=O)(=O)O)cc4)cc3S(=O)(=O)O)c(O)c2c1. The van der Waals surface area contributed by atoms with Gasteiger partial charge >= 0.3 is 0 Å². The van der Waals surface area contributed by atoms with Gasteiger partial charge in [-0.15, -0.1) is 10.2 Å². The standard InChI is InChI=1S/C22H17N5O10S3/c23-13-2-1-12-9-20(40(35,36)37)21(22(28)17(12)10-13)27-26-18-8-5-15(11-19(18)39(32,33)34)25-24-14-3-6-16(7-4-14)38(29,30)31/h1-11,28H,23H2,(H,29,30,31)(H,32,33,34)(H,35,36,37). The Balaban J connectivity index is 1.77. The molecule has 18 heteroatoms. The van der Waals surface area contributed by atoms with Crippen LogP contribution in [-0.2, 0) is 30.4 Å². The van der Waals surface area contributed by atoms with E-state index < -0.39 is 57.3 Å². The average molecular weight is 608 g/mol. The van der Waals surface area contributed by atoms with Crippen molar-refractivity contribution in [3.8, 4) is 5.75 Å². The summed E-state index contributed by atoms with van der Waals surface area (Å²) in [5.41, 5.74) is 4.76. The van der Waals surface area contributed by atoms with E-state index in [1.807, 2.05) is 0 Å². The zero-order valence-corrected chi connectivity index (χ0v) is 22.1. The van der Waals surface area contributed by atoms with Gasteiger partial charge in [-0.05, 0) is 66.0 Å². The van der Waals surface area contributed by atoms with Crippen molar-refractivity contribution in [3.63, 3.8) is 0 Å². The predicted molar refractivity (Wildman–Crippen MR) is 141 cm³/mol. The maximum atomic E-state index is 12.0. The largest absolute Gasteiger partial charge is 0.505 e. The summed E-state index contributed by atoms with van der Waals surface area (Å²) in [7, 11) is -14.3. The van der Waals surface area contributed by atoms with Gasteiger partial charge in [0, 0.05) is 11.1 Å². The van der Waals surface area contributed by atoms with Crippen LogP contribution < -0.4 is 5.73 Å². The van der Waals surface area contributed by atoms with Gasteiger partial charge in [0.25, 0.3) is 30.4 Å². The van der Waals surface area contributed by atoms with Crippen LogP contribution >= 0.6 is 0 Å². The zero-order valence-electron chi connectivity index (χ0n) is 19.7.